The molecule has 1 aromatic carbocycles. The Morgan fingerprint density at radius 3 is 2.48 bits per heavy atom. The summed E-state index contributed by atoms with van der Waals surface area (Å²) >= 11 is 3.03. The summed E-state index contributed by atoms with van der Waals surface area (Å²) in [6.45, 7) is 6.71. The Morgan fingerprint density at radius 2 is 1.95 bits per heavy atom. The smallest absolute Gasteiger partial charge is 0.408 e. The van der Waals surface area contributed by atoms with E-state index in [1.165, 1.54) is 25.1 Å². The number of carbonyl (C=O) groups is 2. The van der Waals surface area contributed by atoms with Crippen LogP contribution in [-0.2, 0) is 9.53 Å². The lowest BCUT2D eigenvalue weighted by Gasteiger charge is -2.21. The molecule has 0 aliphatic carbocycles. The summed E-state index contributed by atoms with van der Waals surface area (Å²) in [6.07, 6.45) is -0.676. The van der Waals surface area contributed by atoms with Crippen molar-refractivity contribution in [3.63, 3.8) is 0 Å². The van der Waals surface area contributed by atoms with E-state index in [0.29, 0.717) is 5.69 Å². The second-order valence-corrected chi connectivity index (χ2v) is 6.34. The van der Waals surface area contributed by atoms with Gasteiger partial charge in [-0.3, -0.25) is 4.79 Å². The van der Waals surface area contributed by atoms with Gasteiger partial charge in [-0.25, -0.2) is 9.18 Å². The summed E-state index contributed by atoms with van der Waals surface area (Å²) in [5, 5.41) is 5.00. The largest absolute Gasteiger partial charge is 0.444 e. The van der Waals surface area contributed by atoms with Gasteiger partial charge in [0.2, 0.25) is 5.91 Å². The zero-order chi connectivity index (χ0) is 16.2. The number of carbonyl (C=O) groups excluding carboxylic acids is 2. The molecule has 21 heavy (non-hydrogen) atoms. The van der Waals surface area contributed by atoms with Gasteiger partial charge in [0.25, 0.3) is 0 Å². The molecule has 1 unspecified atom stereocenters. The van der Waals surface area contributed by atoms with Crippen molar-refractivity contribution in [1.82, 2.24) is 5.32 Å². The molecule has 1 aromatic rings. The zero-order valence-corrected chi connectivity index (χ0v) is 13.9. The van der Waals surface area contributed by atoms with Gasteiger partial charge in [0.15, 0.2) is 0 Å². The van der Waals surface area contributed by atoms with Crippen molar-refractivity contribution in [3.8, 4) is 0 Å². The van der Waals surface area contributed by atoms with Crippen LogP contribution in [0.2, 0.25) is 0 Å². The van der Waals surface area contributed by atoms with Crippen molar-refractivity contribution in [1.29, 1.82) is 0 Å². The van der Waals surface area contributed by atoms with E-state index in [1.54, 1.807) is 20.8 Å². The Morgan fingerprint density at radius 1 is 1.33 bits per heavy atom. The van der Waals surface area contributed by atoms with Crippen molar-refractivity contribution in [2.75, 3.05) is 5.32 Å². The molecule has 0 aromatic heterocycles. The predicted molar refractivity (Wildman–Crippen MR) is 81.6 cm³/mol. The first-order valence-electron chi connectivity index (χ1n) is 6.34. The maximum Gasteiger partial charge on any atom is 0.408 e. The van der Waals surface area contributed by atoms with E-state index in [9.17, 15) is 14.0 Å². The Balaban J connectivity index is 2.58. The number of rotatable bonds is 3. The number of anilines is 1. The molecule has 2 N–H and O–H groups in total. The third kappa shape index (κ3) is 6.12. The van der Waals surface area contributed by atoms with E-state index in [-0.39, 0.29) is 4.47 Å². The number of nitrogens with one attached hydrogen (secondary N) is 2. The van der Waals surface area contributed by atoms with Crippen LogP contribution in [-0.4, -0.2) is 23.6 Å². The molecule has 1 rings (SSSR count). The van der Waals surface area contributed by atoms with Crippen molar-refractivity contribution in [3.05, 3.63) is 28.5 Å². The van der Waals surface area contributed by atoms with Gasteiger partial charge in [0.05, 0.1) is 4.47 Å². The second kappa shape index (κ2) is 6.89. The van der Waals surface area contributed by atoms with E-state index in [0.717, 1.165) is 0 Å². The van der Waals surface area contributed by atoms with Crippen LogP contribution in [0, 0.1) is 5.82 Å². The molecule has 0 spiro atoms. The molecule has 5 nitrogen and oxygen atoms in total. The van der Waals surface area contributed by atoms with Crippen molar-refractivity contribution >= 4 is 33.6 Å². The first kappa shape index (κ1) is 17.4. The van der Waals surface area contributed by atoms with Crippen LogP contribution in [0.15, 0.2) is 22.7 Å². The third-order valence-corrected chi connectivity index (χ3v) is 2.92. The molecule has 0 aliphatic heterocycles. The van der Waals surface area contributed by atoms with Gasteiger partial charge in [-0.1, -0.05) is 0 Å². The molecule has 1 atom stereocenters. The van der Waals surface area contributed by atoms with Crippen molar-refractivity contribution in [2.24, 2.45) is 0 Å². The Kier molecular flexibility index (Phi) is 5.71. The molecule has 0 saturated heterocycles. The summed E-state index contributed by atoms with van der Waals surface area (Å²) in [5.74, 6) is -0.854. The van der Waals surface area contributed by atoms with Crippen LogP contribution in [0.25, 0.3) is 0 Å². The first-order valence-corrected chi connectivity index (χ1v) is 7.13. The van der Waals surface area contributed by atoms with Crippen LogP contribution >= 0.6 is 15.9 Å². The Bertz CT molecular complexity index is 544. The fourth-order valence-corrected chi connectivity index (χ4v) is 1.75. The first-order chi connectivity index (χ1) is 9.58. The van der Waals surface area contributed by atoms with Gasteiger partial charge < -0.3 is 15.4 Å². The lowest BCUT2D eigenvalue weighted by molar-refractivity contribution is -0.117. The minimum absolute atomic E-state index is 0.244. The summed E-state index contributed by atoms with van der Waals surface area (Å²) in [7, 11) is 0. The second-order valence-electron chi connectivity index (χ2n) is 5.49. The number of ether oxygens (including phenoxy) is 1. The van der Waals surface area contributed by atoms with Crippen LogP contribution in [0.1, 0.15) is 27.7 Å². The highest BCUT2D eigenvalue weighted by molar-refractivity contribution is 9.10. The maximum absolute atomic E-state index is 13.1. The van der Waals surface area contributed by atoms with Crippen molar-refractivity contribution < 1.29 is 18.7 Å². The number of benzene rings is 1. The normalized spacial score (nSPS) is 12.5. The fraction of sp³-hybridized carbons (Fsp3) is 0.429. The Labute approximate surface area is 131 Å². The Hall–Kier alpha value is -1.63. The number of alkyl carbamates (subject to hydrolysis) is 1. The molecule has 7 heteroatoms. The SMILES string of the molecule is CC(NC(=O)OC(C)(C)C)C(=O)Nc1ccc(F)c(Br)c1. The van der Waals surface area contributed by atoms with Crippen LogP contribution in [0.3, 0.4) is 0 Å². The molecule has 0 fully saturated rings. The standard InChI is InChI=1S/C14H18BrFN2O3/c1-8(17-13(20)21-14(2,3)4)12(19)18-9-5-6-11(16)10(15)7-9/h5-8H,1-4H3,(H,17,20)(H,18,19). The van der Waals surface area contributed by atoms with Crippen LogP contribution < -0.4 is 10.6 Å². The monoisotopic (exact) mass is 360 g/mol. The van der Waals surface area contributed by atoms with Crippen LogP contribution in [0.4, 0.5) is 14.9 Å². The molecule has 2 amide bonds. The van der Waals surface area contributed by atoms with E-state index in [4.69, 9.17) is 4.74 Å². The topological polar surface area (TPSA) is 67.4 Å². The van der Waals surface area contributed by atoms with Gasteiger partial charge in [-0.15, -0.1) is 0 Å². The summed E-state index contributed by atoms with van der Waals surface area (Å²) in [5.41, 5.74) is -0.214. The highest BCUT2D eigenvalue weighted by atomic mass is 79.9. The lowest BCUT2D eigenvalue weighted by Crippen LogP contribution is -2.43. The van der Waals surface area contributed by atoms with Gasteiger partial charge >= 0.3 is 6.09 Å². The van der Waals surface area contributed by atoms with Crippen molar-refractivity contribution in [2.45, 2.75) is 39.3 Å². The average molecular weight is 361 g/mol. The summed E-state index contributed by atoms with van der Waals surface area (Å²) in [4.78, 5) is 23.5. The number of amides is 2. The maximum atomic E-state index is 13.1. The average Bonchev–Trinajstić information content (AvgIpc) is 2.31. The number of hydrogen-bond acceptors (Lipinski definition) is 3. The molecule has 0 radical (unpaired) electrons. The summed E-state index contributed by atoms with van der Waals surface area (Å²) < 4.78 is 18.4. The fourth-order valence-electron chi connectivity index (χ4n) is 1.37. The van der Waals surface area contributed by atoms with Gasteiger partial charge in [0, 0.05) is 5.69 Å². The zero-order valence-electron chi connectivity index (χ0n) is 12.3. The third-order valence-electron chi connectivity index (χ3n) is 2.31. The minimum Gasteiger partial charge on any atom is -0.444 e. The lowest BCUT2D eigenvalue weighted by atomic mass is 10.2. The van der Waals surface area contributed by atoms with E-state index >= 15 is 0 Å². The quantitative estimate of drug-likeness (QED) is 0.867. The number of hydrogen-bond donors (Lipinski definition) is 2. The van der Waals surface area contributed by atoms with E-state index in [1.807, 2.05) is 0 Å². The molecular weight excluding hydrogens is 343 g/mol. The van der Waals surface area contributed by atoms with E-state index in [2.05, 4.69) is 26.6 Å². The van der Waals surface area contributed by atoms with E-state index < -0.39 is 29.5 Å². The molecule has 0 heterocycles. The predicted octanol–water partition coefficient (Wildman–Crippen LogP) is 3.44. The molecule has 0 saturated carbocycles. The van der Waals surface area contributed by atoms with Gasteiger partial charge in [-0.2, -0.15) is 0 Å². The molecule has 0 aliphatic rings. The molecule has 116 valence electrons. The molecule has 0 bridgehead atoms. The molecular formula is C14H18BrFN2O3. The summed E-state index contributed by atoms with van der Waals surface area (Å²) in [6, 6.07) is 3.31. The highest BCUT2D eigenvalue weighted by Crippen LogP contribution is 2.20. The highest BCUT2D eigenvalue weighted by Gasteiger charge is 2.21. The van der Waals surface area contributed by atoms with Gasteiger partial charge in [0.1, 0.15) is 17.5 Å². The number of halogens is 2. The minimum atomic E-state index is -0.788. The van der Waals surface area contributed by atoms with Crippen LogP contribution in [0.5, 0.6) is 0 Å². The van der Waals surface area contributed by atoms with Gasteiger partial charge in [-0.05, 0) is 61.8 Å².